The predicted molar refractivity (Wildman–Crippen MR) is 80.4 cm³/mol. The van der Waals surface area contributed by atoms with Gasteiger partial charge in [-0.25, -0.2) is 0 Å². The second kappa shape index (κ2) is 4.93. The smallest absolute Gasteiger partial charge is 0.171 e. The zero-order chi connectivity index (χ0) is 14.3. The van der Waals surface area contributed by atoms with Gasteiger partial charge in [-0.1, -0.05) is 24.3 Å². The molecule has 0 aliphatic carbocycles. The molecule has 0 atom stereocenters. The molecule has 0 unspecified atom stereocenters. The molecule has 2 saturated heterocycles. The molecule has 5 nitrogen and oxygen atoms in total. The van der Waals surface area contributed by atoms with Gasteiger partial charge in [-0.3, -0.25) is 0 Å². The summed E-state index contributed by atoms with van der Waals surface area (Å²) in [5, 5.41) is 11.1. The summed E-state index contributed by atoms with van der Waals surface area (Å²) in [6.45, 7) is 5.22. The Hall–Kier alpha value is -1.72. The van der Waals surface area contributed by atoms with E-state index < -0.39 is 0 Å². The van der Waals surface area contributed by atoms with Crippen LogP contribution < -0.4 is 4.90 Å². The van der Waals surface area contributed by atoms with Crippen LogP contribution in [-0.2, 0) is 9.47 Å². The lowest BCUT2D eigenvalue weighted by molar-refractivity contribution is -0.169. The molecule has 5 heteroatoms. The van der Waals surface area contributed by atoms with E-state index in [1.807, 2.05) is 13.0 Å². The average Bonchev–Trinajstić information content (AvgIpc) is 2.98. The van der Waals surface area contributed by atoms with Crippen LogP contribution in [0.3, 0.4) is 0 Å². The van der Waals surface area contributed by atoms with Crippen LogP contribution in [0.2, 0.25) is 0 Å². The topological polar surface area (TPSA) is 47.5 Å². The lowest BCUT2D eigenvalue weighted by Gasteiger charge is -2.38. The van der Waals surface area contributed by atoms with Gasteiger partial charge >= 0.3 is 0 Å². The Balaban J connectivity index is 1.64. The minimum Gasteiger partial charge on any atom is -0.354 e. The van der Waals surface area contributed by atoms with Crippen LogP contribution in [0.1, 0.15) is 18.5 Å². The van der Waals surface area contributed by atoms with Gasteiger partial charge in [-0.2, -0.15) is 5.10 Å². The van der Waals surface area contributed by atoms with E-state index in [-0.39, 0.29) is 5.79 Å². The molecule has 21 heavy (non-hydrogen) atoms. The lowest BCUT2D eigenvalue weighted by atomic mass is 10.0. The third-order valence-electron chi connectivity index (χ3n) is 4.49. The maximum absolute atomic E-state index is 5.79. The molecule has 0 saturated carbocycles. The molecular weight excluding hydrogens is 266 g/mol. The van der Waals surface area contributed by atoms with E-state index in [0.29, 0.717) is 13.2 Å². The average molecular weight is 285 g/mol. The highest BCUT2D eigenvalue weighted by Gasteiger charge is 2.40. The minimum absolute atomic E-state index is 0.343. The molecule has 0 radical (unpaired) electrons. The molecule has 2 aliphatic heterocycles. The number of ether oxygens (including phenoxy) is 2. The number of aryl methyl sites for hydroxylation is 1. The largest absolute Gasteiger partial charge is 0.354 e. The molecule has 2 aromatic rings. The van der Waals surface area contributed by atoms with Crippen LogP contribution in [0.15, 0.2) is 24.3 Å². The molecule has 110 valence electrons. The summed E-state index contributed by atoms with van der Waals surface area (Å²) in [6, 6.07) is 8.34. The summed E-state index contributed by atoms with van der Waals surface area (Å²) in [5.41, 5.74) is 0.977. The van der Waals surface area contributed by atoms with Crippen molar-refractivity contribution in [2.75, 3.05) is 31.2 Å². The van der Waals surface area contributed by atoms with Crippen LogP contribution in [0.5, 0.6) is 0 Å². The Morgan fingerprint density at radius 1 is 1.00 bits per heavy atom. The number of anilines is 1. The molecular formula is C16H19N3O2. The van der Waals surface area contributed by atoms with E-state index in [9.17, 15) is 0 Å². The Morgan fingerprint density at radius 3 is 2.38 bits per heavy atom. The number of benzene rings is 1. The quantitative estimate of drug-likeness (QED) is 0.804. The van der Waals surface area contributed by atoms with Gasteiger partial charge in [0.25, 0.3) is 0 Å². The summed E-state index contributed by atoms with van der Waals surface area (Å²) >= 11 is 0. The lowest BCUT2D eigenvalue weighted by Crippen LogP contribution is -2.45. The molecule has 3 heterocycles. The first kappa shape index (κ1) is 13.0. The number of hydrogen-bond acceptors (Lipinski definition) is 5. The number of fused-ring (bicyclic) bond motifs is 1. The Kier molecular flexibility index (Phi) is 3.05. The van der Waals surface area contributed by atoms with Crippen molar-refractivity contribution >= 4 is 16.6 Å². The number of rotatable bonds is 1. The SMILES string of the molecule is Cc1nnc(N2CCC3(CC2)OCCO3)c2ccccc12. The number of nitrogens with zero attached hydrogens (tertiary/aromatic N) is 3. The maximum Gasteiger partial charge on any atom is 0.171 e. The summed E-state index contributed by atoms with van der Waals surface area (Å²) < 4.78 is 11.6. The Labute approximate surface area is 123 Å². The summed E-state index contributed by atoms with van der Waals surface area (Å²) in [6.07, 6.45) is 1.77. The summed E-state index contributed by atoms with van der Waals surface area (Å²) in [5.74, 6) is 0.633. The van der Waals surface area contributed by atoms with Crippen molar-refractivity contribution < 1.29 is 9.47 Å². The van der Waals surface area contributed by atoms with Gasteiger partial charge in [-0.05, 0) is 6.92 Å². The highest BCUT2D eigenvalue weighted by molar-refractivity contribution is 5.93. The number of piperidine rings is 1. The van der Waals surface area contributed by atoms with Crippen LogP contribution in [0.25, 0.3) is 10.8 Å². The molecule has 4 rings (SSSR count). The van der Waals surface area contributed by atoms with E-state index in [0.717, 1.165) is 37.4 Å². The van der Waals surface area contributed by atoms with E-state index in [1.165, 1.54) is 10.8 Å². The fourth-order valence-corrected chi connectivity index (χ4v) is 3.30. The van der Waals surface area contributed by atoms with E-state index in [2.05, 4.69) is 33.3 Å². The number of aromatic nitrogens is 2. The van der Waals surface area contributed by atoms with Crippen molar-refractivity contribution in [3.05, 3.63) is 30.0 Å². The van der Waals surface area contributed by atoms with Gasteiger partial charge in [0, 0.05) is 36.7 Å². The Morgan fingerprint density at radius 2 is 1.67 bits per heavy atom. The first-order valence-electron chi connectivity index (χ1n) is 7.52. The van der Waals surface area contributed by atoms with Crippen molar-refractivity contribution in [2.45, 2.75) is 25.6 Å². The second-order valence-corrected chi connectivity index (χ2v) is 5.75. The van der Waals surface area contributed by atoms with E-state index in [1.54, 1.807) is 0 Å². The molecule has 2 fully saturated rings. The molecule has 1 spiro atoms. The minimum atomic E-state index is -0.343. The van der Waals surface area contributed by atoms with Crippen molar-refractivity contribution in [3.8, 4) is 0 Å². The zero-order valence-corrected chi connectivity index (χ0v) is 12.2. The third-order valence-corrected chi connectivity index (χ3v) is 4.49. The van der Waals surface area contributed by atoms with E-state index >= 15 is 0 Å². The Bertz CT molecular complexity index is 658. The predicted octanol–water partition coefficient (Wildman–Crippen LogP) is 2.28. The first-order chi connectivity index (χ1) is 10.3. The third kappa shape index (κ3) is 2.17. The summed E-state index contributed by atoms with van der Waals surface area (Å²) in [7, 11) is 0. The van der Waals surface area contributed by atoms with Gasteiger partial charge in [-0.15, -0.1) is 5.10 Å². The molecule has 1 aromatic heterocycles. The maximum atomic E-state index is 5.79. The highest BCUT2D eigenvalue weighted by atomic mass is 16.7. The molecule has 0 N–H and O–H groups in total. The highest BCUT2D eigenvalue weighted by Crippen LogP contribution is 2.34. The van der Waals surface area contributed by atoms with Gasteiger partial charge in [0.2, 0.25) is 0 Å². The zero-order valence-electron chi connectivity index (χ0n) is 12.2. The van der Waals surface area contributed by atoms with Crippen LogP contribution >= 0.6 is 0 Å². The van der Waals surface area contributed by atoms with Crippen LogP contribution in [-0.4, -0.2) is 42.3 Å². The van der Waals surface area contributed by atoms with Crippen molar-refractivity contribution in [3.63, 3.8) is 0 Å². The normalized spacial score (nSPS) is 21.3. The van der Waals surface area contributed by atoms with Crippen molar-refractivity contribution in [1.82, 2.24) is 10.2 Å². The monoisotopic (exact) mass is 285 g/mol. The van der Waals surface area contributed by atoms with E-state index in [4.69, 9.17) is 9.47 Å². The number of hydrogen-bond donors (Lipinski definition) is 0. The second-order valence-electron chi connectivity index (χ2n) is 5.75. The summed E-state index contributed by atoms with van der Waals surface area (Å²) in [4.78, 5) is 2.30. The van der Waals surface area contributed by atoms with Crippen molar-refractivity contribution in [2.24, 2.45) is 0 Å². The van der Waals surface area contributed by atoms with Crippen LogP contribution in [0, 0.1) is 6.92 Å². The standard InChI is InChI=1S/C16H19N3O2/c1-12-13-4-2-3-5-14(13)15(18-17-12)19-8-6-16(7-9-19)20-10-11-21-16/h2-5H,6-11H2,1H3. The van der Waals surface area contributed by atoms with Gasteiger partial charge in [0.05, 0.1) is 18.9 Å². The van der Waals surface area contributed by atoms with Gasteiger partial charge in [0.15, 0.2) is 11.6 Å². The van der Waals surface area contributed by atoms with Gasteiger partial charge < -0.3 is 14.4 Å². The molecule has 1 aromatic carbocycles. The molecule has 2 aliphatic rings. The molecule has 0 bridgehead atoms. The fraction of sp³-hybridized carbons (Fsp3) is 0.500. The molecule has 0 amide bonds. The van der Waals surface area contributed by atoms with Crippen LogP contribution in [0.4, 0.5) is 5.82 Å². The fourth-order valence-electron chi connectivity index (χ4n) is 3.30. The van der Waals surface area contributed by atoms with Gasteiger partial charge in [0.1, 0.15) is 0 Å². The van der Waals surface area contributed by atoms with Crippen molar-refractivity contribution in [1.29, 1.82) is 0 Å². The first-order valence-corrected chi connectivity index (χ1v) is 7.52.